The monoisotopic (exact) mass is 295 g/mol. The van der Waals surface area contributed by atoms with Crippen molar-refractivity contribution in [3.8, 4) is 0 Å². The molecule has 0 unspecified atom stereocenters. The first-order valence-electron chi connectivity index (χ1n) is 5.74. The van der Waals surface area contributed by atoms with Crippen molar-refractivity contribution < 1.29 is 9.53 Å². The van der Waals surface area contributed by atoms with Crippen LogP contribution in [-0.4, -0.2) is 17.6 Å². The normalized spacial score (nSPS) is 12.9. The fraction of sp³-hybridized carbons (Fsp3) is 0.231. The Bertz CT molecular complexity index is 751. The first-order chi connectivity index (χ1) is 9.08. The van der Waals surface area contributed by atoms with Gasteiger partial charge in [0.05, 0.1) is 17.2 Å². The molecule has 0 aromatic carbocycles. The topological polar surface area (TPSA) is 59.2 Å². The molecule has 0 aliphatic carbocycles. The van der Waals surface area contributed by atoms with Crippen LogP contribution in [0.1, 0.15) is 16.7 Å². The van der Waals surface area contributed by atoms with Gasteiger partial charge >= 0.3 is 5.97 Å². The third kappa shape index (κ3) is 3.65. The van der Waals surface area contributed by atoms with Gasteiger partial charge in [0.15, 0.2) is 0 Å². The number of aryl methyl sites for hydroxylation is 1. The molecule has 0 radical (unpaired) electrons. The molecular formula is C13H13NO3S2. The van der Waals surface area contributed by atoms with E-state index in [4.69, 9.17) is 4.74 Å². The lowest BCUT2D eigenvalue weighted by Crippen LogP contribution is -2.19. The SMILES string of the molecule is CCOC(=O)C=c1[nH]c(=O)/c(=C\c2ccc(C)s2)s1. The first kappa shape index (κ1) is 13.8. The van der Waals surface area contributed by atoms with Crippen LogP contribution in [0.4, 0.5) is 0 Å². The van der Waals surface area contributed by atoms with Crippen molar-refractivity contribution in [1.82, 2.24) is 4.98 Å². The smallest absolute Gasteiger partial charge is 0.333 e. The number of thiophene rings is 1. The molecule has 0 saturated heterocycles. The number of thiazole rings is 1. The van der Waals surface area contributed by atoms with E-state index >= 15 is 0 Å². The number of H-pyrrole nitrogens is 1. The molecule has 0 spiro atoms. The number of aromatic nitrogens is 1. The molecule has 100 valence electrons. The molecule has 1 N–H and O–H groups in total. The maximum atomic E-state index is 11.7. The maximum absolute atomic E-state index is 11.7. The number of hydrogen-bond acceptors (Lipinski definition) is 5. The van der Waals surface area contributed by atoms with Gasteiger partial charge in [-0.15, -0.1) is 22.7 Å². The summed E-state index contributed by atoms with van der Waals surface area (Å²) >= 11 is 2.86. The molecule has 0 amide bonds. The Balaban J connectivity index is 2.39. The van der Waals surface area contributed by atoms with Crippen molar-refractivity contribution in [3.63, 3.8) is 0 Å². The number of carbonyl (C=O) groups excluding carboxylic acids is 1. The Morgan fingerprint density at radius 3 is 2.84 bits per heavy atom. The summed E-state index contributed by atoms with van der Waals surface area (Å²) in [5.74, 6) is -0.446. The summed E-state index contributed by atoms with van der Waals surface area (Å²) in [7, 11) is 0. The predicted molar refractivity (Wildman–Crippen MR) is 77.9 cm³/mol. The van der Waals surface area contributed by atoms with Gasteiger partial charge in [-0.05, 0) is 32.1 Å². The van der Waals surface area contributed by atoms with E-state index in [2.05, 4.69) is 4.98 Å². The summed E-state index contributed by atoms with van der Waals surface area (Å²) in [6.07, 6.45) is 3.12. The van der Waals surface area contributed by atoms with Gasteiger partial charge in [0.2, 0.25) is 0 Å². The van der Waals surface area contributed by atoms with Crippen molar-refractivity contribution in [2.24, 2.45) is 0 Å². The van der Waals surface area contributed by atoms with Crippen molar-refractivity contribution in [3.05, 3.63) is 41.4 Å². The van der Waals surface area contributed by atoms with Crippen molar-refractivity contribution in [2.45, 2.75) is 13.8 Å². The average Bonchev–Trinajstić information content (AvgIpc) is 2.87. The van der Waals surface area contributed by atoms with E-state index in [1.54, 1.807) is 18.3 Å². The van der Waals surface area contributed by atoms with Crippen LogP contribution in [0.25, 0.3) is 12.2 Å². The van der Waals surface area contributed by atoms with Gasteiger partial charge in [0, 0.05) is 9.75 Å². The van der Waals surface area contributed by atoms with Crippen LogP contribution in [0.5, 0.6) is 0 Å². The molecule has 0 atom stereocenters. The van der Waals surface area contributed by atoms with Gasteiger partial charge in [-0.25, -0.2) is 4.79 Å². The number of nitrogens with one attached hydrogen (secondary N) is 1. The van der Waals surface area contributed by atoms with Gasteiger partial charge in [-0.2, -0.15) is 0 Å². The minimum Gasteiger partial charge on any atom is -0.463 e. The maximum Gasteiger partial charge on any atom is 0.333 e. The van der Waals surface area contributed by atoms with Crippen LogP contribution < -0.4 is 14.8 Å². The number of hydrogen-bond donors (Lipinski definition) is 1. The minimum atomic E-state index is -0.446. The summed E-state index contributed by atoms with van der Waals surface area (Å²) in [4.78, 5) is 27.9. The van der Waals surface area contributed by atoms with Gasteiger partial charge in [0.25, 0.3) is 5.56 Å². The largest absolute Gasteiger partial charge is 0.463 e. The van der Waals surface area contributed by atoms with Crippen molar-refractivity contribution >= 4 is 40.8 Å². The number of rotatable bonds is 3. The predicted octanol–water partition coefficient (Wildman–Crippen LogP) is 0.979. The van der Waals surface area contributed by atoms with E-state index in [-0.39, 0.29) is 5.56 Å². The van der Waals surface area contributed by atoms with Gasteiger partial charge in [-0.3, -0.25) is 4.79 Å². The van der Waals surface area contributed by atoms with Crippen molar-refractivity contribution in [2.75, 3.05) is 6.61 Å². The molecule has 19 heavy (non-hydrogen) atoms. The summed E-state index contributed by atoms with van der Waals surface area (Å²) in [6.45, 7) is 4.07. The van der Waals surface area contributed by atoms with Gasteiger partial charge in [-0.1, -0.05) is 0 Å². The van der Waals surface area contributed by atoms with E-state index in [1.165, 1.54) is 22.3 Å². The number of ether oxygens (including phenoxy) is 1. The first-order valence-corrected chi connectivity index (χ1v) is 7.37. The van der Waals surface area contributed by atoms with Crippen molar-refractivity contribution in [1.29, 1.82) is 0 Å². The lowest BCUT2D eigenvalue weighted by molar-refractivity contribution is -0.135. The van der Waals surface area contributed by atoms with E-state index in [0.29, 0.717) is 15.8 Å². The second kappa shape index (κ2) is 5.99. The molecule has 2 heterocycles. The number of aromatic amines is 1. The fourth-order valence-corrected chi connectivity index (χ4v) is 3.24. The molecule has 0 fully saturated rings. The Hall–Kier alpha value is -1.66. The standard InChI is InChI=1S/C13H13NO3S2/c1-3-17-12(15)7-11-14-13(16)10(19-11)6-9-5-4-8(2)18-9/h4-7H,3H2,1-2H3,(H,14,16)/b10-6+,11-7?. The zero-order valence-electron chi connectivity index (χ0n) is 10.6. The highest BCUT2D eigenvalue weighted by atomic mass is 32.1. The van der Waals surface area contributed by atoms with Crippen LogP contribution >= 0.6 is 22.7 Å². The highest BCUT2D eigenvalue weighted by Crippen LogP contribution is 2.14. The third-order valence-electron chi connectivity index (χ3n) is 2.25. The fourth-order valence-electron chi connectivity index (χ4n) is 1.48. The second-order valence-electron chi connectivity index (χ2n) is 3.77. The molecular weight excluding hydrogens is 282 g/mol. The minimum absolute atomic E-state index is 0.188. The Morgan fingerprint density at radius 2 is 2.21 bits per heavy atom. The molecule has 2 aromatic rings. The van der Waals surface area contributed by atoms with Crippen LogP contribution in [0, 0.1) is 6.92 Å². The van der Waals surface area contributed by atoms with E-state index in [9.17, 15) is 9.59 Å². The van der Waals surface area contributed by atoms with E-state index < -0.39 is 5.97 Å². The summed E-state index contributed by atoms with van der Waals surface area (Å²) in [5.41, 5.74) is -0.188. The van der Waals surface area contributed by atoms with Gasteiger partial charge < -0.3 is 9.72 Å². The van der Waals surface area contributed by atoms with E-state index in [0.717, 1.165) is 4.88 Å². The molecule has 0 saturated carbocycles. The lowest BCUT2D eigenvalue weighted by atomic mass is 10.4. The number of esters is 1. The second-order valence-corrected chi connectivity index (χ2v) is 6.18. The summed E-state index contributed by atoms with van der Waals surface area (Å²) in [5, 5.41) is 0. The average molecular weight is 295 g/mol. The number of carbonyl (C=O) groups is 1. The molecule has 2 aromatic heterocycles. The quantitative estimate of drug-likeness (QED) is 0.859. The molecule has 0 aliphatic heterocycles. The van der Waals surface area contributed by atoms with Crippen LogP contribution in [0.15, 0.2) is 16.9 Å². The van der Waals surface area contributed by atoms with Crippen LogP contribution in [-0.2, 0) is 9.53 Å². The Kier molecular flexibility index (Phi) is 4.34. The van der Waals surface area contributed by atoms with Crippen LogP contribution in [0.3, 0.4) is 0 Å². The molecule has 0 aliphatic rings. The Labute approximate surface area is 117 Å². The summed E-state index contributed by atoms with van der Waals surface area (Å²) < 4.78 is 5.88. The molecule has 6 heteroatoms. The zero-order valence-corrected chi connectivity index (χ0v) is 12.2. The Morgan fingerprint density at radius 1 is 1.42 bits per heavy atom. The molecule has 4 nitrogen and oxygen atoms in total. The van der Waals surface area contributed by atoms with Gasteiger partial charge in [0.1, 0.15) is 4.66 Å². The molecule has 0 bridgehead atoms. The zero-order chi connectivity index (χ0) is 13.8. The van der Waals surface area contributed by atoms with Crippen LogP contribution in [0.2, 0.25) is 0 Å². The molecule has 2 rings (SSSR count). The highest BCUT2D eigenvalue weighted by molar-refractivity contribution is 7.13. The highest BCUT2D eigenvalue weighted by Gasteiger charge is 2.00. The summed E-state index contributed by atoms with van der Waals surface area (Å²) in [6, 6.07) is 3.97. The third-order valence-corrected chi connectivity index (χ3v) is 4.16. The lowest BCUT2D eigenvalue weighted by Gasteiger charge is -1.92. The van der Waals surface area contributed by atoms with E-state index in [1.807, 2.05) is 25.1 Å².